The van der Waals surface area contributed by atoms with Crippen LogP contribution in [0, 0.1) is 0 Å². The molecule has 0 saturated heterocycles. The van der Waals surface area contributed by atoms with Gasteiger partial charge in [0, 0.05) is 21.7 Å². The molecule has 0 aliphatic heterocycles. The van der Waals surface area contributed by atoms with Crippen molar-refractivity contribution in [2.75, 3.05) is 19.8 Å². The van der Waals surface area contributed by atoms with E-state index in [2.05, 4.69) is 11.9 Å². The molecule has 0 unspecified atom stereocenters. The molecule has 112 valence electrons. The van der Waals surface area contributed by atoms with Gasteiger partial charge in [-0.2, -0.15) is 0 Å². The van der Waals surface area contributed by atoms with Crippen LogP contribution >= 0.6 is 34.5 Å². The van der Waals surface area contributed by atoms with Gasteiger partial charge < -0.3 is 10.1 Å². The number of thiophene rings is 1. The molecule has 0 fully saturated rings. The van der Waals surface area contributed by atoms with E-state index < -0.39 is 0 Å². The Bertz CT molecular complexity index is 682. The fourth-order valence-electron chi connectivity index (χ4n) is 1.75. The second-order valence-corrected chi connectivity index (χ2v) is 6.52. The number of halogens is 2. The predicted octanol–water partition coefficient (Wildman–Crippen LogP) is 4.53. The lowest BCUT2D eigenvalue weighted by atomic mass is 10.2. The summed E-state index contributed by atoms with van der Waals surface area (Å²) >= 11 is 13.5. The molecule has 1 heterocycles. The Kier molecular flexibility index (Phi) is 5.65. The van der Waals surface area contributed by atoms with E-state index >= 15 is 0 Å². The van der Waals surface area contributed by atoms with Crippen molar-refractivity contribution in [3.8, 4) is 0 Å². The highest BCUT2D eigenvalue weighted by Crippen LogP contribution is 2.36. The first kappa shape index (κ1) is 16.3. The number of amides is 1. The fourth-order valence-corrected chi connectivity index (χ4v) is 3.46. The molecule has 0 radical (unpaired) electrons. The van der Waals surface area contributed by atoms with Crippen molar-refractivity contribution in [2.45, 2.75) is 6.92 Å². The summed E-state index contributed by atoms with van der Waals surface area (Å²) in [6, 6.07) is 5.39. The summed E-state index contributed by atoms with van der Waals surface area (Å²) in [5.41, 5.74) is 0.950. The third kappa shape index (κ3) is 4.20. The molecule has 2 rings (SSSR count). The van der Waals surface area contributed by atoms with E-state index in [0.717, 1.165) is 15.7 Å². The zero-order valence-corrected chi connectivity index (χ0v) is 13.9. The molecular weight excluding hydrogens is 329 g/mol. The van der Waals surface area contributed by atoms with E-state index in [1.165, 1.54) is 11.3 Å². The van der Waals surface area contributed by atoms with Crippen LogP contribution in [0.25, 0.3) is 10.1 Å². The summed E-state index contributed by atoms with van der Waals surface area (Å²) in [7, 11) is 0. The molecule has 1 aromatic carbocycles. The monoisotopic (exact) mass is 343 g/mol. The lowest BCUT2D eigenvalue weighted by Gasteiger charge is -2.05. The molecular formula is C15H15Cl2NO2S. The smallest absolute Gasteiger partial charge is 0.263 e. The molecule has 1 aromatic heterocycles. The van der Waals surface area contributed by atoms with Crippen LogP contribution in [0.1, 0.15) is 16.6 Å². The molecule has 1 amide bonds. The lowest BCUT2D eigenvalue weighted by molar-refractivity contribution is 0.0931. The van der Waals surface area contributed by atoms with Gasteiger partial charge in [0.1, 0.15) is 4.88 Å². The van der Waals surface area contributed by atoms with Crippen LogP contribution in [0.2, 0.25) is 10.0 Å². The van der Waals surface area contributed by atoms with Crippen LogP contribution in [-0.4, -0.2) is 25.7 Å². The maximum atomic E-state index is 12.1. The zero-order valence-electron chi connectivity index (χ0n) is 11.5. The Labute approximate surface area is 137 Å². The molecule has 21 heavy (non-hydrogen) atoms. The zero-order chi connectivity index (χ0) is 15.4. The van der Waals surface area contributed by atoms with E-state index in [4.69, 9.17) is 27.9 Å². The van der Waals surface area contributed by atoms with Gasteiger partial charge in [-0.05, 0) is 19.1 Å². The minimum Gasteiger partial charge on any atom is -0.375 e. The van der Waals surface area contributed by atoms with Crippen molar-refractivity contribution in [3.05, 3.63) is 45.3 Å². The van der Waals surface area contributed by atoms with E-state index in [1.807, 2.05) is 13.0 Å². The van der Waals surface area contributed by atoms with Gasteiger partial charge in [-0.3, -0.25) is 4.79 Å². The first-order valence-electron chi connectivity index (χ1n) is 6.37. The standard InChI is InChI=1S/C15H15Cl2NO2S/c1-9(2)8-20-6-5-18-15(19)14-13(17)11-4-3-10(16)7-12(11)21-14/h3-4,7H,1,5-6,8H2,2H3,(H,18,19). The Balaban J connectivity index is 1.99. The van der Waals surface area contributed by atoms with Crippen molar-refractivity contribution in [1.29, 1.82) is 0 Å². The van der Waals surface area contributed by atoms with E-state index in [1.54, 1.807) is 12.1 Å². The number of benzene rings is 1. The largest absolute Gasteiger partial charge is 0.375 e. The summed E-state index contributed by atoms with van der Waals surface area (Å²) in [6.07, 6.45) is 0. The van der Waals surface area contributed by atoms with Gasteiger partial charge >= 0.3 is 0 Å². The highest BCUT2D eigenvalue weighted by molar-refractivity contribution is 7.21. The number of nitrogens with one attached hydrogen (secondary N) is 1. The van der Waals surface area contributed by atoms with E-state index in [9.17, 15) is 4.79 Å². The van der Waals surface area contributed by atoms with Crippen LogP contribution < -0.4 is 5.32 Å². The molecule has 0 atom stereocenters. The van der Waals surface area contributed by atoms with Gasteiger partial charge in [0.25, 0.3) is 5.91 Å². The molecule has 0 aliphatic rings. The predicted molar refractivity (Wildman–Crippen MR) is 89.8 cm³/mol. The SMILES string of the molecule is C=C(C)COCCNC(=O)c1sc2cc(Cl)ccc2c1Cl. The van der Waals surface area contributed by atoms with Gasteiger partial charge in [-0.15, -0.1) is 11.3 Å². The normalized spacial score (nSPS) is 10.8. The number of carbonyl (C=O) groups excluding carboxylic acids is 1. The quantitative estimate of drug-likeness (QED) is 0.618. The molecule has 1 N–H and O–H groups in total. The molecule has 0 saturated carbocycles. The number of ether oxygens (including phenoxy) is 1. The van der Waals surface area contributed by atoms with Crippen LogP contribution in [-0.2, 0) is 4.74 Å². The number of rotatable bonds is 6. The Morgan fingerprint density at radius 2 is 2.19 bits per heavy atom. The second kappa shape index (κ2) is 7.27. The minimum absolute atomic E-state index is 0.198. The van der Waals surface area contributed by atoms with Gasteiger partial charge in [0.2, 0.25) is 0 Å². The fraction of sp³-hybridized carbons (Fsp3) is 0.267. The Morgan fingerprint density at radius 1 is 1.43 bits per heavy atom. The molecule has 6 heteroatoms. The average molecular weight is 344 g/mol. The molecule has 0 spiro atoms. The first-order valence-corrected chi connectivity index (χ1v) is 7.94. The van der Waals surface area contributed by atoms with Crippen LogP contribution in [0.15, 0.2) is 30.4 Å². The van der Waals surface area contributed by atoms with Crippen molar-refractivity contribution < 1.29 is 9.53 Å². The molecule has 2 aromatic rings. The van der Waals surface area contributed by atoms with Gasteiger partial charge in [-0.1, -0.05) is 41.4 Å². The summed E-state index contributed by atoms with van der Waals surface area (Å²) in [5.74, 6) is -0.198. The molecule has 0 bridgehead atoms. The van der Waals surface area contributed by atoms with Crippen molar-refractivity contribution in [3.63, 3.8) is 0 Å². The topological polar surface area (TPSA) is 38.3 Å². The molecule has 3 nitrogen and oxygen atoms in total. The third-order valence-corrected chi connectivity index (χ3v) is 4.57. The van der Waals surface area contributed by atoms with Crippen LogP contribution in [0.4, 0.5) is 0 Å². The van der Waals surface area contributed by atoms with Gasteiger partial charge in [0.15, 0.2) is 0 Å². The van der Waals surface area contributed by atoms with E-state index in [-0.39, 0.29) is 5.91 Å². The molecule has 0 aliphatic carbocycles. The van der Waals surface area contributed by atoms with Crippen molar-refractivity contribution in [1.82, 2.24) is 5.32 Å². The summed E-state index contributed by atoms with van der Waals surface area (Å²) < 4.78 is 6.22. The van der Waals surface area contributed by atoms with Gasteiger partial charge in [-0.25, -0.2) is 0 Å². The van der Waals surface area contributed by atoms with Crippen molar-refractivity contribution >= 4 is 50.5 Å². The minimum atomic E-state index is -0.198. The Morgan fingerprint density at radius 3 is 2.90 bits per heavy atom. The lowest BCUT2D eigenvalue weighted by Crippen LogP contribution is -2.26. The maximum absolute atomic E-state index is 12.1. The number of hydrogen-bond donors (Lipinski definition) is 1. The highest BCUT2D eigenvalue weighted by Gasteiger charge is 2.16. The number of fused-ring (bicyclic) bond motifs is 1. The van der Waals surface area contributed by atoms with E-state index in [0.29, 0.717) is 34.7 Å². The summed E-state index contributed by atoms with van der Waals surface area (Å²) in [4.78, 5) is 12.6. The van der Waals surface area contributed by atoms with Gasteiger partial charge in [0.05, 0.1) is 18.2 Å². The summed E-state index contributed by atoms with van der Waals surface area (Å²) in [5, 5.41) is 4.72. The first-order chi connectivity index (χ1) is 9.99. The second-order valence-electron chi connectivity index (χ2n) is 4.65. The number of carbonyl (C=O) groups is 1. The van der Waals surface area contributed by atoms with Crippen LogP contribution in [0.3, 0.4) is 0 Å². The van der Waals surface area contributed by atoms with Crippen molar-refractivity contribution in [2.24, 2.45) is 0 Å². The average Bonchev–Trinajstić information content (AvgIpc) is 2.74. The van der Waals surface area contributed by atoms with Crippen LogP contribution in [0.5, 0.6) is 0 Å². The highest BCUT2D eigenvalue weighted by atomic mass is 35.5. The Hall–Kier alpha value is -1.07. The number of hydrogen-bond acceptors (Lipinski definition) is 3. The maximum Gasteiger partial charge on any atom is 0.263 e. The third-order valence-electron chi connectivity index (χ3n) is 2.68. The summed E-state index contributed by atoms with van der Waals surface area (Å²) in [6.45, 7) is 6.99.